The van der Waals surface area contributed by atoms with Gasteiger partial charge in [0.05, 0.1) is 0 Å². The fourth-order valence-electron chi connectivity index (χ4n) is 9.73. The molecule has 0 fully saturated rings. The van der Waals surface area contributed by atoms with E-state index in [1.165, 1.54) is 70.2 Å². The van der Waals surface area contributed by atoms with Crippen molar-refractivity contribution in [3.05, 3.63) is 129 Å². The van der Waals surface area contributed by atoms with Crippen LogP contribution in [-0.2, 0) is 28.8 Å². The Bertz CT molecular complexity index is 1800. The van der Waals surface area contributed by atoms with Crippen molar-refractivity contribution < 1.29 is 17.9 Å². The van der Waals surface area contributed by atoms with E-state index in [4.69, 9.17) is 0 Å². The number of rotatable bonds is 9. The van der Waals surface area contributed by atoms with Gasteiger partial charge in [0.25, 0.3) is 0 Å². The molecular formula is C48H63SiZr. The fraction of sp³-hybridized carbons (Fsp3) is 0.417. The summed E-state index contributed by atoms with van der Waals surface area (Å²) in [6.45, 7) is 24.1. The van der Waals surface area contributed by atoms with Crippen molar-refractivity contribution in [3.8, 4) is 22.3 Å². The van der Waals surface area contributed by atoms with Crippen LogP contribution in [-0.4, -0.2) is 5.92 Å². The molecule has 4 aromatic carbocycles. The zero-order valence-corrected chi connectivity index (χ0v) is 36.9. The summed E-state index contributed by atoms with van der Waals surface area (Å²) in [4.78, 5) is 0. The zero-order chi connectivity index (χ0) is 36.2. The van der Waals surface area contributed by atoms with Crippen LogP contribution in [0, 0.1) is 0 Å². The van der Waals surface area contributed by atoms with Crippen LogP contribution in [0.3, 0.4) is 0 Å². The molecule has 2 aliphatic carbocycles. The van der Waals surface area contributed by atoms with Gasteiger partial charge in [-0.05, 0) is 0 Å². The molecule has 50 heavy (non-hydrogen) atoms. The molecule has 2 heteroatoms. The maximum atomic E-state index is 2.93. The Morgan fingerprint density at radius 2 is 0.900 bits per heavy atom. The third kappa shape index (κ3) is 6.30. The molecule has 0 spiro atoms. The van der Waals surface area contributed by atoms with Gasteiger partial charge in [-0.15, -0.1) is 0 Å². The number of hydrogen-bond donors (Lipinski definition) is 0. The van der Waals surface area contributed by atoms with Crippen molar-refractivity contribution in [2.45, 2.75) is 122 Å². The summed E-state index contributed by atoms with van der Waals surface area (Å²) in [6.07, 6.45) is 10.1. The van der Waals surface area contributed by atoms with E-state index in [9.17, 15) is 0 Å². The van der Waals surface area contributed by atoms with Crippen molar-refractivity contribution in [2.24, 2.45) is 0 Å². The first-order valence-corrected chi connectivity index (χ1v) is 34.5. The molecule has 0 bridgehead atoms. The van der Waals surface area contributed by atoms with Crippen molar-refractivity contribution in [1.29, 1.82) is 0 Å². The first-order chi connectivity index (χ1) is 23.5. The molecule has 0 aliphatic heterocycles. The first-order valence-electron chi connectivity index (χ1n) is 19.6. The molecule has 0 saturated carbocycles. The summed E-state index contributed by atoms with van der Waals surface area (Å²) >= 11 is -3.79. The van der Waals surface area contributed by atoms with Gasteiger partial charge in [0.15, 0.2) is 0 Å². The van der Waals surface area contributed by atoms with Crippen molar-refractivity contribution in [2.75, 3.05) is 0 Å². The molecule has 6 rings (SSSR count). The van der Waals surface area contributed by atoms with Crippen LogP contribution < -0.4 is 0 Å². The second-order valence-corrected chi connectivity index (χ2v) is 56.8. The molecule has 4 aromatic rings. The van der Waals surface area contributed by atoms with Crippen LogP contribution >= 0.6 is 0 Å². The van der Waals surface area contributed by atoms with Crippen molar-refractivity contribution >= 4 is 18.1 Å². The van der Waals surface area contributed by atoms with Crippen molar-refractivity contribution in [3.63, 3.8) is 0 Å². The number of hydrogen-bond acceptors (Lipinski definition) is 0. The van der Waals surface area contributed by atoms with Crippen molar-refractivity contribution in [1.82, 2.24) is 0 Å². The summed E-state index contributed by atoms with van der Waals surface area (Å²) < 4.78 is 7.02. The van der Waals surface area contributed by atoms with Gasteiger partial charge in [0.2, 0.25) is 0 Å². The molecule has 0 heterocycles. The van der Waals surface area contributed by atoms with E-state index in [0.717, 1.165) is 0 Å². The summed E-state index contributed by atoms with van der Waals surface area (Å²) in [5.41, 5.74) is 18.4. The molecule has 2 aliphatic rings. The Kier molecular flexibility index (Phi) is 10.0. The second-order valence-electron chi connectivity index (χ2n) is 19.0. The minimum absolute atomic E-state index is 0.153. The van der Waals surface area contributed by atoms with Crippen LogP contribution in [0.4, 0.5) is 0 Å². The Balaban J connectivity index is 1.54. The summed E-state index contributed by atoms with van der Waals surface area (Å²) in [5, 5.41) is 0. The van der Waals surface area contributed by atoms with E-state index in [2.05, 4.69) is 175 Å². The van der Waals surface area contributed by atoms with Gasteiger partial charge < -0.3 is 0 Å². The van der Waals surface area contributed by atoms with E-state index in [1.54, 1.807) is 22.3 Å². The van der Waals surface area contributed by atoms with Gasteiger partial charge >= 0.3 is 309 Å². The van der Waals surface area contributed by atoms with Gasteiger partial charge in [-0.25, -0.2) is 0 Å². The topological polar surface area (TPSA) is 0 Å². The van der Waals surface area contributed by atoms with E-state index in [-0.39, 0.29) is 10.8 Å². The average molecular weight is 759 g/mol. The predicted molar refractivity (Wildman–Crippen MR) is 223 cm³/mol. The van der Waals surface area contributed by atoms with Gasteiger partial charge in [-0.2, -0.15) is 0 Å². The molecule has 0 radical (unpaired) electrons. The first kappa shape index (κ1) is 37.2. The van der Waals surface area contributed by atoms with Crippen LogP contribution in [0.15, 0.2) is 96.1 Å². The van der Waals surface area contributed by atoms with Gasteiger partial charge in [-0.1, -0.05) is 0 Å². The standard InChI is InChI=1S/2C22H25.C2H7Si.2CH3.Zr/c2*1-5-7-16-14-18-8-6-9-20(21(18)15-16)17-10-12-19(13-11-17)22(2,3)4;1-3-2;;;/h2*6,8-15H,5,7H2,1-4H3;3H,1-2H3;2*1H3;. The molecule has 0 saturated heterocycles. The third-order valence-electron chi connectivity index (χ3n) is 13.1. The number of benzene rings is 4. The van der Waals surface area contributed by atoms with Crippen LogP contribution in [0.25, 0.3) is 34.4 Å². The van der Waals surface area contributed by atoms with E-state index < -0.39 is 23.9 Å². The SMILES string of the molecule is CCCC1=Cc2c(-c3ccc(C(C)(C)C)cc3)cccc2[CH]1[Zr]([CH3])([CH3])([CH]1C(CCC)=Cc2c(-c3ccc(C(C)(C)C)cc3)cccc21)[SiH](C)C. The Morgan fingerprint density at radius 3 is 1.20 bits per heavy atom. The number of allylic oxidation sites excluding steroid dienone is 2. The van der Waals surface area contributed by atoms with Gasteiger partial charge in [-0.3, -0.25) is 0 Å². The maximum absolute atomic E-state index is 3.79. The van der Waals surface area contributed by atoms with E-state index >= 15 is 0 Å². The Hall–Kier alpha value is -2.54. The van der Waals surface area contributed by atoms with E-state index in [1.807, 2.05) is 0 Å². The van der Waals surface area contributed by atoms with E-state index in [0.29, 0.717) is 7.25 Å². The molecule has 2 unspecified atom stereocenters. The third-order valence-corrected chi connectivity index (χ3v) is 59.9. The molecule has 0 aromatic heterocycles. The second kappa shape index (κ2) is 13.5. The summed E-state index contributed by atoms with van der Waals surface area (Å²) in [6, 6.07) is 33.5. The molecule has 0 N–H and O–H groups in total. The summed E-state index contributed by atoms with van der Waals surface area (Å²) in [5.74, 6) is -1.17. The average Bonchev–Trinajstić information content (AvgIpc) is 3.63. The number of fused-ring (bicyclic) bond motifs is 2. The zero-order valence-electron chi connectivity index (χ0n) is 33.3. The molecule has 2 atom stereocenters. The Morgan fingerprint density at radius 1 is 0.540 bits per heavy atom. The van der Waals surface area contributed by atoms with Crippen LogP contribution in [0.5, 0.6) is 0 Å². The van der Waals surface area contributed by atoms with Gasteiger partial charge in [0, 0.05) is 0 Å². The predicted octanol–water partition coefficient (Wildman–Crippen LogP) is 14.6. The Labute approximate surface area is 307 Å². The quantitative estimate of drug-likeness (QED) is 0.149. The molecular weight excluding hydrogens is 696 g/mol. The molecule has 0 nitrogen and oxygen atoms in total. The summed E-state index contributed by atoms with van der Waals surface area (Å²) in [7, 11) is 0. The monoisotopic (exact) mass is 757 g/mol. The fourth-order valence-corrected chi connectivity index (χ4v) is 39.3. The van der Waals surface area contributed by atoms with Gasteiger partial charge in [0.1, 0.15) is 0 Å². The minimum atomic E-state index is -3.79. The molecule has 0 amide bonds. The van der Waals surface area contributed by atoms with Crippen LogP contribution in [0.1, 0.15) is 122 Å². The van der Waals surface area contributed by atoms with Crippen LogP contribution in [0.2, 0.25) is 22.4 Å². The molecule has 263 valence electrons. The normalized spacial score (nSPS) is 18.4.